The molecule has 0 saturated heterocycles. The van der Waals surface area contributed by atoms with Gasteiger partial charge in [0.15, 0.2) is 0 Å². The van der Waals surface area contributed by atoms with Gasteiger partial charge in [0.1, 0.15) is 5.75 Å². The number of hydrogen-bond donors (Lipinski definition) is 1. The van der Waals surface area contributed by atoms with Crippen molar-refractivity contribution in [3.05, 3.63) is 103 Å². The first-order chi connectivity index (χ1) is 17.4. The Kier molecular flexibility index (Phi) is 6.43. The van der Waals surface area contributed by atoms with Gasteiger partial charge < -0.3 is 14.4 Å². The number of methoxy groups -OCH3 is 1. The van der Waals surface area contributed by atoms with E-state index in [9.17, 15) is 13.5 Å². The van der Waals surface area contributed by atoms with E-state index in [1.807, 2.05) is 43.3 Å². The number of nitrogens with zero attached hydrogens (tertiary/aromatic N) is 2. The molecule has 5 rings (SSSR count). The molecule has 1 heterocycles. The van der Waals surface area contributed by atoms with Gasteiger partial charge >= 0.3 is 0 Å². The molecule has 0 spiro atoms. The standard InChI is InChI=1S/C29H28N2O4S/c1-21-11-17-25(18-12-21)36(33,34)31(22-13-15-24(35-2)16-14-22)20-23(32)19-30-28-9-5-3-7-26(28)27-8-4-6-10-29(27)30/h3-18,23,32H,19-20H2,1-2H3/t23-/m1/s1. The van der Waals surface area contributed by atoms with Crippen LogP contribution in [-0.4, -0.2) is 37.8 Å². The molecule has 1 aromatic heterocycles. The summed E-state index contributed by atoms with van der Waals surface area (Å²) in [7, 11) is -2.37. The lowest BCUT2D eigenvalue weighted by molar-refractivity contribution is 0.166. The molecule has 4 aromatic carbocycles. The van der Waals surface area contributed by atoms with Gasteiger partial charge in [-0.05, 0) is 55.5 Å². The van der Waals surface area contributed by atoms with Gasteiger partial charge in [0.2, 0.25) is 0 Å². The Bertz CT molecular complexity index is 1550. The van der Waals surface area contributed by atoms with E-state index in [-0.39, 0.29) is 18.0 Å². The molecule has 6 nitrogen and oxygen atoms in total. The SMILES string of the molecule is COc1ccc(N(C[C@H](O)Cn2c3ccccc3c3ccccc32)S(=O)(=O)c2ccc(C)cc2)cc1. The topological polar surface area (TPSA) is 71.8 Å². The molecule has 1 N–H and O–H groups in total. The summed E-state index contributed by atoms with van der Waals surface area (Å²) in [4.78, 5) is 0.174. The minimum Gasteiger partial charge on any atom is -0.497 e. The molecule has 0 bridgehead atoms. The van der Waals surface area contributed by atoms with Crippen LogP contribution in [0.5, 0.6) is 5.75 Å². The first-order valence-corrected chi connectivity index (χ1v) is 13.2. The second kappa shape index (κ2) is 9.68. The lowest BCUT2D eigenvalue weighted by Gasteiger charge is -2.27. The van der Waals surface area contributed by atoms with Crippen LogP contribution < -0.4 is 9.04 Å². The number of fused-ring (bicyclic) bond motifs is 3. The lowest BCUT2D eigenvalue weighted by atomic mass is 10.2. The molecule has 0 aliphatic rings. The average Bonchev–Trinajstić information content (AvgIpc) is 3.21. The highest BCUT2D eigenvalue weighted by Crippen LogP contribution is 2.30. The van der Waals surface area contributed by atoms with Gasteiger partial charge in [-0.25, -0.2) is 8.42 Å². The van der Waals surface area contributed by atoms with Crippen LogP contribution in [0.1, 0.15) is 5.56 Å². The maximum Gasteiger partial charge on any atom is 0.264 e. The van der Waals surface area contributed by atoms with Crippen molar-refractivity contribution in [2.75, 3.05) is 18.0 Å². The van der Waals surface area contributed by atoms with E-state index in [1.165, 1.54) is 4.31 Å². The number of aliphatic hydroxyl groups excluding tert-OH is 1. The van der Waals surface area contributed by atoms with Gasteiger partial charge in [-0.15, -0.1) is 0 Å². The van der Waals surface area contributed by atoms with E-state index in [4.69, 9.17) is 4.74 Å². The molecule has 0 unspecified atom stereocenters. The largest absolute Gasteiger partial charge is 0.497 e. The Labute approximate surface area is 211 Å². The Morgan fingerprint density at radius 1 is 0.833 bits per heavy atom. The van der Waals surface area contributed by atoms with E-state index < -0.39 is 16.1 Å². The van der Waals surface area contributed by atoms with Crippen molar-refractivity contribution in [3.63, 3.8) is 0 Å². The van der Waals surface area contributed by atoms with E-state index in [2.05, 4.69) is 16.7 Å². The zero-order valence-corrected chi connectivity index (χ0v) is 21.0. The van der Waals surface area contributed by atoms with Crippen molar-refractivity contribution in [2.45, 2.75) is 24.5 Å². The molecule has 1 atom stereocenters. The number of ether oxygens (including phenoxy) is 1. The van der Waals surface area contributed by atoms with Crippen LogP contribution in [0.3, 0.4) is 0 Å². The summed E-state index contributed by atoms with van der Waals surface area (Å²) in [5.41, 5.74) is 3.42. The summed E-state index contributed by atoms with van der Waals surface area (Å²) < 4.78 is 36.0. The van der Waals surface area contributed by atoms with Gasteiger partial charge in [0.05, 0.1) is 36.9 Å². The molecular weight excluding hydrogens is 472 g/mol. The predicted molar refractivity (Wildman–Crippen MR) is 144 cm³/mol. The summed E-state index contributed by atoms with van der Waals surface area (Å²) in [6.45, 7) is 2.04. The Morgan fingerprint density at radius 3 is 1.94 bits per heavy atom. The Balaban J connectivity index is 1.52. The second-order valence-corrected chi connectivity index (χ2v) is 10.7. The number of benzene rings is 4. The van der Waals surface area contributed by atoms with Crippen molar-refractivity contribution in [2.24, 2.45) is 0 Å². The predicted octanol–water partition coefficient (Wildman–Crippen LogP) is 5.37. The van der Waals surface area contributed by atoms with Crippen LogP contribution in [0, 0.1) is 6.92 Å². The number of aryl methyl sites for hydroxylation is 1. The minimum absolute atomic E-state index is 0.108. The molecule has 0 radical (unpaired) electrons. The summed E-state index contributed by atoms with van der Waals surface area (Å²) in [5.74, 6) is 0.622. The fourth-order valence-electron chi connectivity index (χ4n) is 4.59. The highest BCUT2D eigenvalue weighted by atomic mass is 32.2. The van der Waals surface area contributed by atoms with E-state index in [0.717, 1.165) is 27.4 Å². The molecular formula is C29H28N2O4S. The number of aliphatic hydroxyl groups is 1. The Morgan fingerprint density at radius 2 is 1.39 bits per heavy atom. The summed E-state index contributed by atoms with van der Waals surface area (Å²) in [5, 5.41) is 13.5. The van der Waals surface area contributed by atoms with Crippen LogP contribution in [0.15, 0.2) is 102 Å². The van der Waals surface area contributed by atoms with Crippen molar-refractivity contribution < 1.29 is 18.3 Å². The number of anilines is 1. The zero-order chi connectivity index (χ0) is 25.3. The summed E-state index contributed by atoms with van der Waals surface area (Å²) >= 11 is 0. The fourth-order valence-corrected chi connectivity index (χ4v) is 6.09. The van der Waals surface area contributed by atoms with Crippen molar-refractivity contribution >= 4 is 37.5 Å². The van der Waals surface area contributed by atoms with E-state index in [1.54, 1.807) is 55.6 Å². The number of sulfonamides is 1. The van der Waals surface area contributed by atoms with Crippen molar-refractivity contribution in [1.29, 1.82) is 0 Å². The van der Waals surface area contributed by atoms with Gasteiger partial charge in [-0.1, -0.05) is 54.1 Å². The van der Waals surface area contributed by atoms with Crippen molar-refractivity contribution in [3.8, 4) is 5.75 Å². The smallest absolute Gasteiger partial charge is 0.264 e. The third-order valence-electron chi connectivity index (χ3n) is 6.42. The number of para-hydroxylation sites is 2. The molecule has 5 aromatic rings. The fraction of sp³-hybridized carbons (Fsp3) is 0.172. The van der Waals surface area contributed by atoms with Crippen LogP contribution in [0.25, 0.3) is 21.8 Å². The van der Waals surface area contributed by atoms with Gasteiger partial charge in [0.25, 0.3) is 10.0 Å². The van der Waals surface area contributed by atoms with Gasteiger partial charge in [-0.3, -0.25) is 4.31 Å². The van der Waals surface area contributed by atoms with Crippen LogP contribution in [0.4, 0.5) is 5.69 Å². The maximum atomic E-state index is 13.7. The first kappa shape index (κ1) is 23.9. The van der Waals surface area contributed by atoms with Crippen LogP contribution >= 0.6 is 0 Å². The molecule has 7 heteroatoms. The molecule has 36 heavy (non-hydrogen) atoms. The molecule has 0 aliphatic heterocycles. The molecule has 184 valence electrons. The maximum absolute atomic E-state index is 13.7. The van der Waals surface area contributed by atoms with Crippen LogP contribution in [0.2, 0.25) is 0 Å². The average molecular weight is 501 g/mol. The van der Waals surface area contributed by atoms with Gasteiger partial charge in [-0.2, -0.15) is 0 Å². The van der Waals surface area contributed by atoms with Gasteiger partial charge in [0, 0.05) is 21.8 Å². The van der Waals surface area contributed by atoms with Crippen molar-refractivity contribution in [1.82, 2.24) is 4.57 Å². The minimum atomic E-state index is -3.93. The zero-order valence-electron chi connectivity index (χ0n) is 20.2. The normalized spacial score (nSPS) is 12.6. The molecule has 0 aliphatic carbocycles. The quantitative estimate of drug-likeness (QED) is 0.311. The molecule has 0 saturated carbocycles. The third-order valence-corrected chi connectivity index (χ3v) is 8.23. The third kappa shape index (κ3) is 4.43. The highest BCUT2D eigenvalue weighted by molar-refractivity contribution is 7.92. The Hall–Kier alpha value is -3.81. The monoisotopic (exact) mass is 500 g/mol. The second-order valence-electron chi connectivity index (χ2n) is 8.85. The number of hydrogen-bond acceptors (Lipinski definition) is 4. The summed E-state index contributed by atoms with van der Waals surface area (Å²) in [6.07, 6.45) is -0.966. The lowest BCUT2D eigenvalue weighted by Crippen LogP contribution is -2.39. The highest BCUT2D eigenvalue weighted by Gasteiger charge is 2.28. The summed E-state index contributed by atoms with van der Waals surface area (Å²) in [6, 6.07) is 29.6. The molecule has 0 amide bonds. The first-order valence-electron chi connectivity index (χ1n) is 11.8. The van der Waals surface area contributed by atoms with E-state index in [0.29, 0.717) is 11.4 Å². The number of rotatable bonds is 8. The van der Waals surface area contributed by atoms with Crippen LogP contribution in [-0.2, 0) is 16.6 Å². The number of aromatic nitrogens is 1. The van der Waals surface area contributed by atoms with E-state index >= 15 is 0 Å². The molecule has 0 fully saturated rings.